The summed E-state index contributed by atoms with van der Waals surface area (Å²) in [6.07, 6.45) is 1.32. The first-order valence-corrected chi connectivity index (χ1v) is 8.29. The average molecular weight is 333 g/mol. The van der Waals surface area contributed by atoms with E-state index in [1.807, 2.05) is 37.3 Å². The van der Waals surface area contributed by atoms with Crippen molar-refractivity contribution in [3.63, 3.8) is 0 Å². The Morgan fingerprint density at radius 2 is 1.76 bits per heavy atom. The Morgan fingerprint density at radius 1 is 1.08 bits per heavy atom. The molecule has 25 heavy (non-hydrogen) atoms. The molecule has 5 nitrogen and oxygen atoms in total. The van der Waals surface area contributed by atoms with Gasteiger partial charge in [-0.25, -0.2) is 4.79 Å². The van der Waals surface area contributed by atoms with E-state index in [1.54, 1.807) is 24.3 Å². The van der Waals surface area contributed by atoms with Crippen molar-refractivity contribution in [2.45, 2.75) is 31.8 Å². The van der Waals surface area contributed by atoms with Gasteiger partial charge in [-0.2, -0.15) is 5.26 Å². The fourth-order valence-corrected chi connectivity index (χ4v) is 3.24. The highest BCUT2D eigenvalue weighted by atomic mass is 16.2. The maximum atomic E-state index is 13.1. The molecule has 0 radical (unpaired) electrons. The molecule has 0 aliphatic carbocycles. The predicted octanol–water partition coefficient (Wildman–Crippen LogP) is 3.31. The lowest BCUT2D eigenvalue weighted by Crippen LogP contribution is -2.43. The molecule has 1 N–H and O–H groups in total. The van der Waals surface area contributed by atoms with E-state index in [0.717, 1.165) is 17.5 Å². The summed E-state index contributed by atoms with van der Waals surface area (Å²) in [4.78, 5) is 26.9. The van der Waals surface area contributed by atoms with Gasteiger partial charge in [0.1, 0.15) is 5.54 Å². The lowest BCUT2D eigenvalue weighted by molar-refractivity contribution is -0.132. The predicted molar refractivity (Wildman–Crippen MR) is 93.3 cm³/mol. The monoisotopic (exact) mass is 333 g/mol. The van der Waals surface area contributed by atoms with Crippen LogP contribution in [0.4, 0.5) is 4.79 Å². The molecule has 1 aliphatic heterocycles. The van der Waals surface area contributed by atoms with Crippen LogP contribution >= 0.6 is 0 Å². The fraction of sp³-hybridized carbons (Fsp3) is 0.250. The Hall–Kier alpha value is -3.13. The van der Waals surface area contributed by atoms with Gasteiger partial charge < -0.3 is 5.32 Å². The standard InChI is InChI=1S/C20H19N3O2/c1-2-12-20(17-6-4-3-5-7-17)18(24)23(19(25)22-20)14-16-10-8-15(13-21)9-11-16/h3-11H,2,12,14H2,1H3,(H,22,25)/t20-/m0/s1. The summed E-state index contributed by atoms with van der Waals surface area (Å²) < 4.78 is 0. The molecule has 1 aliphatic rings. The second-order valence-corrected chi connectivity index (χ2v) is 6.15. The minimum atomic E-state index is -1.00. The lowest BCUT2D eigenvalue weighted by Gasteiger charge is -2.27. The van der Waals surface area contributed by atoms with Crippen LogP contribution in [0.5, 0.6) is 0 Å². The van der Waals surface area contributed by atoms with E-state index in [-0.39, 0.29) is 18.5 Å². The lowest BCUT2D eigenvalue weighted by atomic mass is 9.85. The molecule has 2 aromatic carbocycles. The fourth-order valence-electron chi connectivity index (χ4n) is 3.24. The zero-order valence-electron chi connectivity index (χ0n) is 14.0. The molecule has 126 valence electrons. The van der Waals surface area contributed by atoms with E-state index in [4.69, 9.17) is 5.26 Å². The van der Waals surface area contributed by atoms with Crippen molar-refractivity contribution in [1.29, 1.82) is 5.26 Å². The van der Waals surface area contributed by atoms with Crippen LogP contribution in [0.2, 0.25) is 0 Å². The summed E-state index contributed by atoms with van der Waals surface area (Å²) in [6, 6.07) is 18.0. The van der Waals surface area contributed by atoms with E-state index < -0.39 is 5.54 Å². The van der Waals surface area contributed by atoms with Gasteiger partial charge in [-0.15, -0.1) is 0 Å². The van der Waals surface area contributed by atoms with Crippen LogP contribution in [0.1, 0.15) is 36.5 Å². The minimum absolute atomic E-state index is 0.189. The summed E-state index contributed by atoms with van der Waals surface area (Å²) >= 11 is 0. The minimum Gasteiger partial charge on any atom is -0.319 e. The highest BCUT2D eigenvalue weighted by Gasteiger charge is 2.51. The van der Waals surface area contributed by atoms with Crippen molar-refractivity contribution >= 4 is 11.9 Å². The van der Waals surface area contributed by atoms with Crippen molar-refractivity contribution in [3.8, 4) is 6.07 Å². The van der Waals surface area contributed by atoms with E-state index in [9.17, 15) is 9.59 Å². The van der Waals surface area contributed by atoms with Gasteiger partial charge in [-0.05, 0) is 29.7 Å². The summed E-state index contributed by atoms with van der Waals surface area (Å²) in [6.45, 7) is 2.18. The van der Waals surface area contributed by atoms with Crippen LogP contribution < -0.4 is 5.32 Å². The zero-order chi connectivity index (χ0) is 17.9. The van der Waals surface area contributed by atoms with Crippen LogP contribution in [0, 0.1) is 11.3 Å². The van der Waals surface area contributed by atoms with Gasteiger partial charge in [0.25, 0.3) is 5.91 Å². The van der Waals surface area contributed by atoms with Crippen molar-refractivity contribution < 1.29 is 9.59 Å². The molecule has 5 heteroatoms. The smallest absolute Gasteiger partial charge is 0.319 e. The maximum Gasteiger partial charge on any atom is 0.325 e. The molecular weight excluding hydrogens is 314 g/mol. The topological polar surface area (TPSA) is 73.2 Å². The molecular formula is C20H19N3O2. The Morgan fingerprint density at radius 3 is 2.36 bits per heavy atom. The van der Waals surface area contributed by atoms with E-state index in [1.165, 1.54) is 4.90 Å². The van der Waals surface area contributed by atoms with Gasteiger partial charge in [0, 0.05) is 0 Å². The number of nitriles is 1. The zero-order valence-corrected chi connectivity index (χ0v) is 14.0. The van der Waals surface area contributed by atoms with E-state index in [2.05, 4.69) is 11.4 Å². The molecule has 1 fully saturated rings. The van der Waals surface area contributed by atoms with Crippen LogP contribution in [0.25, 0.3) is 0 Å². The molecule has 0 spiro atoms. The van der Waals surface area contributed by atoms with E-state index >= 15 is 0 Å². The molecule has 0 aromatic heterocycles. The van der Waals surface area contributed by atoms with Crippen LogP contribution in [0.3, 0.4) is 0 Å². The van der Waals surface area contributed by atoms with Gasteiger partial charge in [-0.3, -0.25) is 9.69 Å². The number of nitrogens with one attached hydrogen (secondary N) is 1. The Kier molecular flexibility index (Phi) is 4.53. The molecule has 2 aromatic rings. The van der Waals surface area contributed by atoms with Gasteiger partial charge in [-0.1, -0.05) is 55.8 Å². The number of imide groups is 1. The van der Waals surface area contributed by atoms with Crippen molar-refractivity contribution in [1.82, 2.24) is 10.2 Å². The molecule has 3 amide bonds. The molecule has 0 bridgehead atoms. The number of rotatable bonds is 5. The first kappa shape index (κ1) is 16.7. The number of urea groups is 1. The summed E-state index contributed by atoms with van der Waals surface area (Å²) in [5.74, 6) is -0.227. The molecule has 1 saturated heterocycles. The molecule has 0 unspecified atom stereocenters. The second kappa shape index (κ2) is 6.78. The van der Waals surface area contributed by atoms with Crippen molar-refractivity contribution in [2.24, 2.45) is 0 Å². The first-order chi connectivity index (χ1) is 12.1. The van der Waals surface area contributed by atoms with Crippen LogP contribution in [0.15, 0.2) is 54.6 Å². The summed E-state index contributed by atoms with van der Waals surface area (Å²) in [5, 5.41) is 11.8. The van der Waals surface area contributed by atoms with Crippen LogP contribution in [-0.4, -0.2) is 16.8 Å². The van der Waals surface area contributed by atoms with E-state index in [0.29, 0.717) is 12.0 Å². The number of amides is 3. The molecule has 0 saturated carbocycles. The van der Waals surface area contributed by atoms with Crippen molar-refractivity contribution in [2.75, 3.05) is 0 Å². The SMILES string of the molecule is CCC[C@@]1(c2ccccc2)NC(=O)N(Cc2ccc(C#N)cc2)C1=O. The largest absolute Gasteiger partial charge is 0.325 e. The highest BCUT2D eigenvalue weighted by molar-refractivity contribution is 6.07. The number of carbonyl (C=O) groups excluding carboxylic acids is 2. The quantitative estimate of drug-likeness (QED) is 0.853. The van der Waals surface area contributed by atoms with Crippen molar-refractivity contribution in [3.05, 3.63) is 71.3 Å². The number of nitrogens with zero attached hydrogens (tertiary/aromatic N) is 2. The van der Waals surface area contributed by atoms with Gasteiger partial charge in [0.05, 0.1) is 18.2 Å². The normalized spacial score (nSPS) is 19.6. The molecule has 1 atom stereocenters. The number of carbonyl (C=O) groups is 2. The average Bonchev–Trinajstić information content (AvgIpc) is 2.88. The van der Waals surface area contributed by atoms with Gasteiger partial charge in [0.2, 0.25) is 0 Å². The Labute approximate surface area is 146 Å². The second-order valence-electron chi connectivity index (χ2n) is 6.15. The summed E-state index contributed by atoms with van der Waals surface area (Å²) in [5.41, 5.74) is 1.16. The number of hydrogen-bond donors (Lipinski definition) is 1. The third kappa shape index (κ3) is 2.99. The summed E-state index contributed by atoms with van der Waals surface area (Å²) in [7, 11) is 0. The molecule has 1 heterocycles. The maximum absolute atomic E-state index is 13.1. The number of hydrogen-bond acceptors (Lipinski definition) is 3. The Balaban J connectivity index is 1.91. The number of benzene rings is 2. The van der Waals surface area contributed by atoms with Gasteiger partial charge in [0.15, 0.2) is 0 Å². The highest BCUT2D eigenvalue weighted by Crippen LogP contribution is 2.34. The Bertz CT molecular complexity index is 824. The third-order valence-electron chi connectivity index (χ3n) is 4.49. The van der Waals surface area contributed by atoms with Gasteiger partial charge >= 0.3 is 6.03 Å². The van der Waals surface area contributed by atoms with Crippen LogP contribution in [-0.2, 0) is 16.9 Å². The third-order valence-corrected chi connectivity index (χ3v) is 4.49. The molecule has 3 rings (SSSR count). The first-order valence-electron chi connectivity index (χ1n) is 8.29.